The van der Waals surface area contributed by atoms with Crippen LogP contribution in [0.25, 0.3) is 0 Å². The van der Waals surface area contributed by atoms with Crippen LogP contribution < -0.4 is 10.6 Å². The van der Waals surface area contributed by atoms with E-state index in [2.05, 4.69) is 31.4 Å². The highest BCUT2D eigenvalue weighted by atomic mass is 127. The summed E-state index contributed by atoms with van der Waals surface area (Å²) in [4.78, 5) is 4.71. The zero-order valence-corrected chi connectivity index (χ0v) is 15.3. The average Bonchev–Trinajstić information content (AvgIpc) is 3.06. The Morgan fingerprint density at radius 3 is 2.65 bits per heavy atom. The molecular formula is C15H30IN3O. The standard InChI is InChI=1S/C15H29N3O.HI/c1-4-16-14(18-12-9-11(12)2)17-10-15(3)8-6-5-7-13(15)19;/h11-13,19H,4-10H2,1-3H3,(H2,16,17,18);1H. The van der Waals surface area contributed by atoms with Crippen LogP contribution in [0.5, 0.6) is 0 Å². The third-order valence-electron chi connectivity index (χ3n) is 4.65. The van der Waals surface area contributed by atoms with Gasteiger partial charge in [-0.2, -0.15) is 0 Å². The zero-order chi connectivity index (χ0) is 13.9. The van der Waals surface area contributed by atoms with Crippen molar-refractivity contribution in [3.63, 3.8) is 0 Å². The Hall–Kier alpha value is -0.0400. The summed E-state index contributed by atoms with van der Waals surface area (Å²) in [5.74, 6) is 1.68. The molecule has 4 unspecified atom stereocenters. The summed E-state index contributed by atoms with van der Waals surface area (Å²) in [7, 11) is 0. The molecule has 2 fully saturated rings. The Morgan fingerprint density at radius 2 is 2.10 bits per heavy atom. The molecule has 0 aromatic rings. The summed E-state index contributed by atoms with van der Waals surface area (Å²) in [5.41, 5.74) is -0.0459. The van der Waals surface area contributed by atoms with Crippen molar-refractivity contribution in [3.05, 3.63) is 0 Å². The highest BCUT2D eigenvalue weighted by molar-refractivity contribution is 14.0. The Morgan fingerprint density at radius 1 is 1.40 bits per heavy atom. The van der Waals surface area contributed by atoms with Crippen LogP contribution in [0.1, 0.15) is 52.9 Å². The Balaban J connectivity index is 0.00000200. The number of hydrogen-bond donors (Lipinski definition) is 3. The Labute approximate surface area is 140 Å². The fraction of sp³-hybridized carbons (Fsp3) is 0.933. The van der Waals surface area contributed by atoms with Gasteiger partial charge in [0.25, 0.3) is 0 Å². The summed E-state index contributed by atoms with van der Waals surface area (Å²) < 4.78 is 0. The predicted octanol–water partition coefficient (Wildman–Crippen LogP) is 2.51. The van der Waals surface area contributed by atoms with Crippen molar-refractivity contribution in [3.8, 4) is 0 Å². The van der Waals surface area contributed by atoms with Gasteiger partial charge in [-0.05, 0) is 32.1 Å². The van der Waals surface area contributed by atoms with E-state index in [1.165, 1.54) is 12.8 Å². The van der Waals surface area contributed by atoms with E-state index in [0.717, 1.165) is 37.7 Å². The summed E-state index contributed by atoms with van der Waals surface area (Å²) >= 11 is 0. The van der Waals surface area contributed by atoms with Crippen LogP contribution >= 0.6 is 24.0 Å². The molecule has 118 valence electrons. The summed E-state index contributed by atoms with van der Waals surface area (Å²) in [6.07, 6.45) is 5.41. The smallest absolute Gasteiger partial charge is 0.191 e. The minimum atomic E-state index is -0.201. The first-order chi connectivity index (χ1) is 9.05. The molecule has 3 N–H and O–H groups in total. The second kappa shape index (κ2) is 7.82. The molecule has 0 saturated heterocycles. The van der Waals surface area contributed by atoms with Crippen LogP contribution in [-0.2, 0) is 0 Å². The maximum Gasteiger partial charge on any atom is 0.191 e. The molecule has 20 heavy (non-hydrogen) atoms. The van der Waals surface area contributed by atoms with Gasteiger partial charge in [0.2, 0.25) is 0 Å². The van der Waals surface area contributed by atoms with Gasteiger partial charge in [0.15, 0.2) is 5.96 Å². The van der Waals surface area contributed by atoms with Crippen molar-refractivity contribution in [2.75, 3.05) is 13.1 Å². The molecule has 0 amide bonds. The molecule has 0 aromatic heterocycles. The number of aliphatic hydroxyl groups is 1. The fourth-order valence-corrected chi connectivity index (χ4v) is 2.84. The minimum absolute atomic E-state index is 0. The summed E-state index contributed by atoms with van der Waals surface area (Å²) in [6, 6.07) is 0.585. The van der Waals surface area contributed by atoms with Gasteiger partial charge in [-0.25, -0.2) is 0 Å². The largest absolute Gasteiger partial charge is 0.392 e. The number of halogens is 1. The number of rotatable bonds is 4. The van der Waals surface area contributed by atoms with Crippen molar-refractivity contribution in [1.82, 2.24) is 10.6 Å². The van der Waals surface area contributed by atoms with E-state index in [4.69, 9.17) is 4.99 Å². The minimum Gasteiger partial charge on any atom is -0.392 e. The van der Waals surface area contributed by atoms with E-state index in [-0.39, 0.29) is 35.5 Å². The monoisotopic (exact) mass is 395 g/mol. The van der Waals surface area contributed by atoms with E-state index < -0.39 is 0 Å². The highest BCUT2D eigenvalue weighted by Gasteiger charge is 2.36. The molecule has 0 bridgehead atoms. The number of nitrogens with one attached hydrogen (secondary N) is 2. The number of nitrogens with zero attached hydrogens (tertiary/aromatic N) is 1. The van der Waals surface area contributed by atoms with E-state index in [1.54, 1.807) is 0 Å². The SMILES string of the molecule is CCNC(=NCC1(C)CCCCC1O)NC1CC1C.I. The van der Waals surface area contributed by atoms with Gasteiger partial charge in [-0.3, -0.25) is 4.99 Å². The van der Waals surface area contributed by atoms with Crippen LogP contribution in [0.4, 0.5) is 0 Å². The molecule has 5 heteroatoms. The molecule has 2 rings (SSSR count). The van der Waals surface area contributed by atoms with Crippen LogP contribution in [0.2, 0.25) is 0 Å². The van der Waals surface area contributed by atoms with Crippen molar-refractivity contribution in [2.24, 2.45) is 16.3 Å². The first-order valence-electron chi connectivity index (χ1n) is 7.78. The molecule has 2 aliphatic rings. The molecule has 0 radical (unpaired) electrons. The van der Waals surface area contributed by atoms with Crippen molar-refractivity contribution >= 4 is 29.9 Å². The van der Waals surface area contributed by atoms with Crippen LogP contribution in [0.15, 0.2) is 4.99 Å². The predicted molar refractivity (Wildman–Crippen MR) is 94.7 cm³/mol. The lowest BCUT2D eigenvalue weighted by Gasteiger charge is -2.37. The van der Waals surface area contributed by atoms with Crippen molar-refractivity contribution in [2.45, 2.75) is 65.0 Å². The lowest BCUT2D eigenvalue weighted by Crippen LogP contribution is -2.42. The van der Waals surface area contributed by atoms with Crippen molar-refractivity contribution < 1.29 is 5.11 Å². The number of guanidine groups is 1. The number of hydrogen-bond acceptors (Lipinski definition) is 2. The van der Waals surface area contributed by atoms with Gasteiger partial charge >= 0.3 is 0 Å². The van der Waals surface area contributed by atoms with Crippen LogP contribution in [0.3, 0.4) is 0 Å². The summed E-state index contributed by atoms with van der Waals surface area (Å²) in [6.45, 7) is 8.11. The first-order valence-corrected chi connectivity index (χ1v) is 7.78. The average molecular weight is 395 g/mol. The summed E-state index contributed by atoms with van der Waals surface area (Å²) in [5, 5.41) is 17.0. The Kier molecular flexibility index (Phi) is 7.04. The van der Waals surface area contributed by atoms with Gasteiger partial charge in [0.05, 0.1) is 12.6 Å². The Bertz CT molecular complexity index is 337. The van der Waals surface area contributed by atoms with Gasteiger partial charge < -0.3 is 15.7 Å². The van der Waals surface area contributed by atoms with Crippen molar-refractivity contribution in [1.29, 1.82) is 0 Å². The molecule has 2 aliphatic carbocycles. The number of aliphatic imine (C=N–C) groups is 1. The number of aliphatic hydroxyl groups excluding tert-OH is 1. The molecule has 4 nitrogen and oxygen atoms in total. The lowest BCUT2D eigenvalue weighted by atomic mass is 9.73. The third kappa shape index (κ3) is 4.76. The second-order valence-electron chi connectivity index (χ2n) is 6.57. The van der Waals surface area contributed by atoms with E-state index >= 15 is 0 Å². The molecule has 0 spiro atoms. The molecule has 0 aromatic carbocycles. The molecule has 0 heterocycles. The van der Waals surface area contributed by atoms with Gasteiger partial charge in [-0.15, -0.1) is 24.0 Å². The fourth-order valence-electron chi connectivity index (χ4n) is 2.84. The molecule has 4 atom stereocenters. The van der Waals surface area contributed by atoms with Gasteiger partial charge in [-0.1, -0.05) is 26.7 Å². The quantitative estimate of drug-likeness (QED) is 0.390. The molecule has 0 aliphatic heterocycles. The maximum atomic E-state index is 10.2. The van der Waals surface area contributed by atoms with E-state index in [0.29, 0.717) is 12.6 Å². The van der Waals surface area contributed by atoms with Gasteiger partial charge in [0.1, 0.15) is 0 Å². The van der Waals surface area contributed by atoms with Gasteiger partial charge in [0, 0.05) is 18.0 Å². The lowest BCUT2D eigenvalue weighted by molar-refractivity contribution is 0.00716. The van der Waals surface area contributed by atoms with Crippen LogP contribution in [-0.4, -0.2) is 36.3 Å². The van der Waals surface area contributed by atoms with E-state index in [1.807, 2.05) is 0 Å². The highest BCUT2D eigenvalue weighted by Crippen LogP contribution is 2.36. The third-order valence-corrected chi connectivity index (χ3v) is 4.65. The molecule has 2 saturated carbocycles. The normalized spacial score (nSPS) is 37.0. The molecular weight excluding hydrogens is 365 g/mol. The zero-order valence-electron chi connectivity index (χ0n) is 13.0. The van der Waals surface area contributed by atoms with Crippen LogP contribution in [0, 0.1) is 11.3 Å². The van der Waals surface area contributed by atoms with E-state index in [9.17, 15) is 5.11 Å². The first kappa shape index (κ1) is 18.0. The maximum absolute atomic E-state index is 10.2. The second-order valence-corrected chi connectivity index (χ2v) is 6.57. The topological polar surface area (TPSA) is 56.7 Å².